The molecule has 0 bridgehead atoms. The largest absolute Gasteiger partial charge is 0.481 e. The van der Waals surface area contributed by atoms with Crippen LogP contribution in [-0.2, 0) is 20.9 Å². The lowest BCUT2D eigenvalue weighted by atomic mass is 9.88. The van der Waals surface area contributed by atoms with Gasteiger partial charge in [0.05, 0.1) is 25.8 Å². The summed E-state index contributed by atoms with van der Waals surface area (Å²) >= 11 is 1.46. The molecular formula is C26H28N4O4S. The van der Waals surface area contributed by atoms with Gasteiger partial charge in [0.2, 0.25) is 11.8 Å². The number of hydrogen-bond donors (Lipinski definition) is 0. The normalized spacial score (nSPS) is 14.1. The zero-order chi connectivity index (χ0) is 24.6. The van der Waals surface area contributed by atoms with E-state index in [0.29, 0.717) is 11.7 Å². The number of rotatable bonds is 8. The van der Waals surface area contributed by atoms with Gasteiger partial charge < -0.3 is 9.47 Å². The van der Waals surface area contributed by atoms with Crippen molar-refractivity contribution in [2.75, 3.05) is 19.1 Å². The number of thiophene rings is 1. The van der Waals surface area contributed by atoms with Gasteiger partial charge in [0.25, 0.3) is 0 Å². The second kappa shape index (κ2) is 11.7. The Morgan fingerprint density at radius 1 is 1.06 bits per heavy atom. The molecule has 8 nitrogen and oxygen atoms in total. The molecule has 1 amide bonds. The Labute approximate surface area is 208 Å². The van der Waals surface area contributed by atoms with Crippen molar-refractivity contribution in [1.29, 1.82) is 0 Å². The van der Waals surface area contributed by atoms with Gasteiger partial charge in [0, 0.05) is 53.2 Å². The molecule has 182 valence electrons. The second-order valence-electron chi connectivity index (χ2n) is 8.31. The molecule has 3 aromatic heterocycles. The Hall–Kier alpha value is -3.59. The van der Waals surface area contributed by atoms with Gasteiger partial charge in [-0.2, -0.15) is 0 Å². The topological polar surface area (TPSA) is 94.5 Å². The summed E-state index contributed by atoms with van der Waals surface area (Å²) in [6.45, 7) is 0.275. The molecular weight excluding hydrogens is 464 g/mol. The van der Waals surface area contributed by atoms with E-state index >= 15 is 0 Å². The van der Waals surface area contributed by atoms with Gasteiger partial charge in [-0.05, 0) is 36.6 Å². The van der Waals surface area contributed by atoms with Crippen LogP contribution in [0.25, 0.3) is 17.2 Å². The molecule has 0 spiro atoms. The number of anilines is 1. The summed E-state index contributed by atoms with van der Waals surface area (Å²) < 4.78 is 9.77. The van der Waals surface area contributed by atoms with Crippen molar-refractivity contribution in [2.24, 2.45) is 5.92 Å². The molecule has 0 radical (unpaired) electrons. The molecule has 0 N–H and O–H groups in total. The third kappa shape index (κ3) is 6.30. The molecule has 1 saturated carbocycles. The average Bonchev–Trinajstić information content (AvgIpc) is 3.39. The molecule has 1 fully saturated rings. The van der Waals surface area contributed by atoms with Gasteiger partial charge in [-0.1, -0.05) is 19.3 Å². The molecule has 1 aliphatic carbocycles. The Kier molecular flexibility index (Phi) is 8.20. The number of esters is 1. The van der Waals surface area contributed by atoms with Crippen LogP contribution in [0.2, 0.25) is 0 Å². The highest BCUT2D eigenvalue weighted by molar-refractivity contribution is 7.14. The fraction of sp³-hybridized carbons (Fsp3) is 0.346. The quantitative estimate of drug-likeness (QED) is 0.326. The first-order valence-electron chi connectivity index (χ1n) is 11.5. The van der Waals surface area contributed by atoms with Gasteiger partial charge >= 0.3 is 5.97 Å². The summed E-state index contributed by atoms with van der Waals surface area (Å²) in [5.74, 6) is 0.777. The predicted octanol–water partition coefficient (Wildman–Crippen LogP) is 4.91. The number of amides is 1. The number of nitrogens with zero attached hydrogens (tertiary/aromatic N) is 4. The highest BCUT2D eigenvalue weighted by Gasteiger charge is 2.28. The number of carbonyl (C=O) groups excluding carboxylic acids is 2. The first kappa shape index (κ1) is 24.5. The maximum atomic E-state index is 13.5. The summed E-state index contributed by atoms with van der Waals surface area (Å²) in [4.78, 5) is 40.1. The average molecular weight is 493 g/mol. The number of ether oxygens (including phenoxy) is 2. The summed E-state index contributed by atoms with van der Waals surface area (Å²) in [5, 5.41) is 2.72. The number of carbonyl (C=O) groups is 2. The maximum absolute atomic E-state index is 13.5. The molecule has 1 aliphatic rings. The molecule has 0 aliphatic heterocycles. The van der Waals surface area contributed by atoms with E-state index in [2.05, 4.69) is 19.7 Å². The van der Waals surface area contributed by atoms with E-state index in [0.717, 1.165) is 47.4 Å². The van der Waals surface area contributed by atoms with Crippen LogP contribution >= 0.6 is 11.3 Å². The maximum Gasteiger partial charge on any atom is 0.330 e. The Morgan fingerprint density at radius 2 is 1.80 bits per heavy atom. The van der Waals surface area contributed by atoms with Crippen LogP contribution in [0, 0.1) is 5.92 Å². The minimum atomic E-state index is -0.423. The van der Waals surface area contributed by atoms with Crippen LogP contribution in [0.1, 0.15) is 43.5 Å². The van der Waals surface area contributed by atoms with Crippen LogP contribution in [-0.4, -0.2) is 41.0 Å². The minimum absolute atomic E-state index is 0.00422. The molecule has 3 heterocycles. The van der Waals surface area contributed by atoms with Crippen LogP contribution in [0.15, 0.2) is 48.2 Å². The third-order valence-corrected chi connectivity index (χ3v) is 6.96. The van der Waals surface area contributed by atoms with E-state index < -0.39 is 5.97 Å². The lowest BCUT2D eigenvalue weighted by Crippen LogP contribution is -2.36. The van der Waals surface area contributed by atoms with Crippen molar-refractivity contribution < 1.29 is 19.1 Å². The molecule has 0 unspecified atom stereocenters. The first-order chi connectivity index (χ1) is 17.1. The smallest absolute Gasteiger partial charge is 0.330 e. The predicted molar refractivity (Wildman–Crippen MR) is 135 cm³/mol. The lowest BCUT2D eigenvalue weighted by molar-refractivity contribution is -0.134. The Morgan fingerprint density at radius 3 is 2.46 bits per heavy atom. The molecule has 4 rings (SSSR count). The molecule has 9 heteroatoms. The number of hydrogen-bond acceptors (Lipinski definition) is 8. The second-order valence-corrected chi connectivity index (χ2v) is 9.20. The highest BCUT2D eigenvalue weighted by atomic mass is 32.1. The van der Waals surface area contributed by atoms with Crippen molar-refractivity contribution in [2.45, 2.75) is 38.6 Å². The van der Waals surface area contributed by atoms with Gasteiger partial charge in [-0.15, -0.1) is 11.3 Å². The molecule has 35 heavy (non-hydrogen) atoms. The lowest BCUT2D eigenvalue weighted by Gasteiger charge is -2.28. The fourth-order valence-corrected chi connectivity index (χ4v) is 4.92. The minimum Gasteiger partial charge on any atom is -0.481 e. The SMILES string of the molecule is COC(=O)/C=C/c1csc(N(Cc2ncc(-c3ccc(OC)nc3)cn2)C(=O)C2CCCCC2)c1. The summed E-state index contributed by atoms with van der Waals surface area (Å²) in [6.07, 6.45) is 13.4. The van der Waals surface area contributed by atoms with Crippen molar-refractivity contribution in [3.05, 3.63) is 59.6 Å². The standard InChI is InChI=1S/C26H28N4O4S/c1-33-23-10-9-20(13-29-23)21-14-27-22(28-15-21)16-30(26(32)19-6-4-3-5-7-19)24-12-18(17-35-24)8-11-25(31)34-2/h8-15,17,19H,3-7,16H2,1-2H3/b11-8+. The van der Waals surface area contributed by atoms with E-state index in [-0.39, 0.29) is 18.4 Å². The summed E-state index contributed by atoms with van der Waals surface area (Å²) in [6, 6.07) is 5.59. The van der Waals surface area contributed by atoms with Crippen molar-refractivity contribution in [3.8, 4) is 17.0 Å². The zero-order valence-corrected chi connectivity index (χ0v) is 20.7. The number of aromatic nitrogens is 3. The molecule has 0 saturated heterocycles. The Bertz CT molecular complexity index is 1170. The van der Waals surface area contributed by atoms with E-state index in [4.69, 9.17) is 4.74 Å². The van der Waals surface area contributed by atoms with Crippen molar-refractivity contribution in [1.82, 2.24) is 15.0 Å². The summed E-state index contributed by atoms with van der Waals surface area (Å²) in [5.41, 5.74) is 2.55. The van der Waals surface area contributed by atoms with Crippen LogP contribution in [0.3, 0.4) is 0 Å². The summed E-state index contributed by atoms with van der Waals surface area (Å²) in [7, 11) is 2.92. The van der Waals surface area contributed by atoms with E-state index in [1.807, 2.05) is 17.5 Å². The van der Waals surface area contributed by atoms with Crippen LogP contribution < -0.4 is 9.64 Å². The van der Waals surface area contributed by atoms with Gasteiger partial charge in [-0.25, -0.2) is 19.7 Å². The van der Waals surface area contributed by atoms with Crippen LogP contribution in [0.5, 0.6) is 5.88 Å². The molecule has 0 aromatic carbocycles. The fourth-order valence-electron chi connectivity index (χ4n) is 4.03. The van der Waals surface area contributed by atoms with Crippen molar-refractivity contribution in [3.63, 3.8) is 0 Å². The van der Waals surface area contributed by atoms with Gasteiger partial charge in [0.15, 0.2) is 0 Å². The van der Waals surface area contributed by atoms with Gasteiger partial charge in [-0.3, -0.25) is 9.69 Å². The first-order valence-corrected chi connectivity index (χ1v) is 12.4. The number of pyridine rings is 1. The Balaban J connectivity index is 1.55. The van der Waals surface area contributed by atoms with Gasteiger partial charge in [0.1, 0.15) is 5.82 Å². The van der Waals surface area contributed by atoms with E-state index in [1.165, 1.54) is 30.9 Å². The molecule has 3 aromatic rings. The van der Waals surface area contributed by atoms with E-state index in [1.54, 1.807) is 42.7 Å². The van der Waals surface area contributed by atoms with E-state index in [9.17, 15) is 9.59 Å². The molecule has 0 atom stereocenters. The van der Waals surface area contributed by atoms with Crippen LogP contribution in [0.4, 0.5) is 5.00 Å². The zero-order valence-electron chi connectivity index (χ0n) is 19.8. The number of methoxy groups -OCH3 is 2. The highest BCUT2D eigenvalue weighted by Crippen LogP contribution is 2.32. The third-order valence-electron chi connectivity index (χ3n) is 5.99. The van der Waals surface area contributed by atoms with Crippen molar-refractivity contribution >= 4 is 34.3 Å². The monoisotopic (exact) mass is 492 g/mol.